The van der Waals surface area contributed by atoms with Crippen molar-refractivity contribution >= 4 is 12.1 Å². The lowest BCUT2D eigenvalue weighted by molar-refractivity contribution is 0.139. The molecule has 0 aromatic carbocycles. The zero-order valence-corrected chi connectivity index (χ0v) is 11.7. The molecule has 6 nitrogen and oxygen atoms in total. The fourth-order valence-electron chi connectivity index (χ4n) is 1.12. The number of piperazine rings is 1. The lowest BCUT2D eigenvalue weighted by atomic mass is 10.4. The topological polar surface area (TPSA) is 77.3 Å². The van der Waals surface area contributed by atoms with Crippen LogP contribution >= 0.6 is 0 Å². The zero-order chi connectivity index (χ0) is 14.0. The third-order valence-electron chi connectivity index (χ3n) is 2.02. The Morgan fingerprint density at radius 2 is 1.61 bits per heavy atom. The molecular formula is C12H24N4O2. The highest BCUT2D eigenvalue weighted by molar-refractivity contribution is 5.65. The Morgan fingerprint density at radius 3 is 1.89 bits per heavy atom. The number of carbonyl (C=O) groups is 1. The molecule has 6 heteroatoms. The Hall–Kier alpha value is -1.39. The lowest BCUT2D eigenvalue weighted by Gasteiger charge is -2.23. The molecule has 2 N–H and O–H groups in total. The van der Waals surface area contributed by atoms with Crippen molar-refractivity contribution in [2.24, 2.45) is 9.98 Å². The van der Waals surface area contributed by atoms with Gasteiger partial charge in [0.1, 0.15) is 0 Å². The lowest BCUT2D eigenvalue weighted by Crippen LogP contribution is -2.45. The summed E-state index contributed by atoms with van der Waals surface area (Å²) in [4.78, 5) is 19.6. The van der Waals surface area contributed by atoms with Crippen LogP contribution in [0, 0.1) is 0 Å². The second-order valence-corrected chi connectivity index (χ2v) is 4.57. The molecule has 0 aromatic rings. The third kappa shape index (κ3) is 9.81. The van der Waals surface area contributed by atoms with Gasteiger partial charge in [-0.1, -0.05) is 0 Å². The number of amides is 1. The summed E-state index contributed by atoms with van der Waals surface area (Å²) >= 11 is 0. The van der Waals surface area contributed by atoms with Crippen LogP contribution < -0.4 is 5.32 Å². The number of aliphatic imine (C=N–C) groups is 2. The Bertz CT molecular complexity index is 278. The first-order chi connectivity index (χ1) is 8.43. The molecule has 1 amide bonds. The van der Waals surface area contributed by atoms with Crippen molar-refractivity contribution in [3.05, 3.63) is 0 Å². The fourth-order valence-corrected chi connectivity index (χ4v) is 1.12. The molecule has 1 saturated heterocycles. The van der Waals surface area contributed by atoms with Crippen molar-refractivity contribution in [3.63, 3.8) is 0 Å². The SMILES string of the molecule is CC(C)N=C=NC(C)C.O=C(O)N1CCNCC1. The van der Waals surface area contributed by atoms with Gasteiger partial charge in [-0.2, -0.15) is 0 Å². The van der Waals surface area contributed by atoms with Crippen molar-refractivity contribution in [2.45, 2.75) is 39.8 Å². The summed E-state index contributed by atoms with van der Waals surface area (Å²) in [6.45, 7) is 10.8. The minimum atomic E-state index is -0.809. The Kier molecular flexibility index (Phi) is 8.88. The molecule has 104 valence electrons. The van der Waals surface area contributed by atoms with Crippen molar-refractivity contribution in [1.29, 1.82) is 0 Å². The summed E-state index contributed by atoms with van der Waals surface area (Å²) in [5.74, 6) is 0. The van der Waals surface area contributed by atoms with Gasteiger partial charge in [0, 0.05) is 26.2 Å². The fraction of sp³-hybridized carbons (Fsp3) is 0.833. The van der Waals surface area contributed by atoms with Crippen LogP contribution in [0.25, 0.3) is 0 Å². The number of hydrogen-bond acceptors (Lipinski definition) is 4. The standard InChI is InChI=1S/C7H14N2.C5H10N2O2/c1-6(2)8-5-9-7(3)4;8-5(9)7-3-1-6-2-4-7/h6-7H,1-4H3;6H,1-4H2,(H,8,9). The van der Waals surface area contributed by atoms with Gasteiger partial charge in [-0.15, -0.1) is 0 Å². The maximum Gasteiger partial charge on any atom is 0.407 e. The van der Waals surface area contributed by atoms with E-state index in [0.717, 1.165) is 13.1 Å². The normalized spacial score (nSPS) is 14.7. The van der Waals surface area contributed by atoms with E-state index in [1.165, 1.54) is 4.90 Å². The largest absolute Gasteiger partial charge is 0.465 e. The Morgan fingerprint density at radius 1 is 1.17 bits per heavy atom. The highest BCUT2D eigenvalue weighted by Crippen LogP contribution is 1.90. The van der Waals surface area contributed by atoms with Crippen molar-refractivity contribution in [2.75, 3.05) is 26.2 Å². The first kappa shape index (κ1) is 16.6. The molecule has 0 bridgehead atoms. The van der Waals surface area contributed by atoms with Crippen molar-refractivity contribution in [3.8, 4) is 0 Å². The summed E-state index contributed by atoms with van der Waals surface area (Å²) in [6.07, 6.45) is -0.809. The van der Waals surface area contributed by atoms with Gasteiger partial charge in [0.2, 0.25) is 0 Å². The van der Waals surface area contributed by atoms with E-state index in [1.54, 1.807) is 0 Å². The maximum atomic E-state index is 10.3. The first-order valence-corrected chi connectivity index (χ1v) is 6.26. The molecule has 1 aliphatic heterocycles. The molecule has 1 fully saturated rings. The molecule has 1 rings (SSSR count). The van der Waals surface area contributed by atoms with Gasteiger partial charge in [0.15, 0.2) is 0 Å². The highest BCUT2D eigenvalue weighted by Gasteiger charge is 2.13. The van der Waals surface area contributed by atoms with Crippen LogP contribution in [-0.4, -0.2) is 60.4 Å². The molecule has 0 spiro atoms. The van der Waals surface area contributed by atoms with Gasteiger partial charge in [-0.05, 0) is 27.7 Å². The van der Waals surface area contributed by atoms with Crippen LogP contribution in [0.3, 0.4) is 0 Å². The molecule has 0 saturated carbocycles. The van der Waals surface area contributed by atoms with E-state index in [1.807, 2.05) is 27.7 Å². The minimum absolute atomic E-state index is 0.312. The summed E-state index contributed by atoms with van der Waals surface area (Å²) in [5, 5.41) is 11.5. The Balaban J connectivity index is 0.000000321. The van der Waals surface area contributed by atoms with E-state index < -0.39 is 6.09 Å². The summed E-state index contributed by atoms with van der Waals surface area (Å²) in [7, 11) is 0. The molecule has 1 aliphatic rings. The van der Waals surface area contributed by atoms with Gasteiger partial charge >= 0.3 is 6.09 Å². The molecule has 0 atom stereocenters. The van der Waals surface area contributed by atoms with Crippen LogP contribution in [0.2, 0.25) is 0 Å². The average molecular weight is 256 g/mol. The Labute approximate surface area is 109 Å². The number of nitrogens with one attached hydrogen (secondary N) is 1. The van der Waals surface area contributed by atoms with Gasteiger partial charge in [0.25, 0.3) is 0 Å². The van der Waals surface area contributed by atoms with Crippen molar-refractivity contribution < 1.29 is 9.90 Å². The van der Waals surface area contributed by atoms with Gasteiger partial charge in [-0.3, -0.25) is 0 Å². The smallest absolute Gasteiger partial charge is 0.407 e. The second kappa shape index (κ2) is 9.62. The first-order valence-electron chi connectivity index (χ1n) is 6.26. The van der Waals surface area contributed by atoms with E-state index in [9.17, 15) is 4.79 Å². The predicted molar refractivity (Wildman–Crippen MR) is 72.6 cm³/mol. The van der Waals surface area contributed by atoms with Gasteiger partial charge < -0.3 is 15.3 Å². The van der Waals surface area contributed by atoms with Gasteiger partial charge in [-0.25, -0.2) is 14.8 Å². The number of hydrogen-bond donors (Lipinski definition) is 2. The highest BCUT2D eigenvalue weighted by atomic mass is 16.4. The quantitative estimate of drug-likeness (QED) is 0.736. The van der Waals surface area contributed by atoms with E-state index >= 15 is 0 Å². The number of rotatable bonds is 2. The van der Waals surface area contributed by atoms with Crippen LogP contribution in [0.5, 0.6) is 0 Å². The van der Waals surface area contributed by atoms with Crippen LogP contribution in [0.4, 0.5) is 4.79 Å². The van der Waals surface area contributed by atoms with E-state index in [4.69, 9.17) is 5.11 Å². The molecule has 1 heterocycles. The van der Waals surface area contributed by atoms with Crippen molar-refractivity contribution in [1.82, 2.24) is 10.2 Å². The van der Waals surface area contributed by atoms with Gasteiger partial charge in [0.05, 0.1) is 18.1 Å². The number of carboxylic acid groups (broad SMARTS) is 1. The maximum absolute atomic E-state index is 10.3. The summed E-state index contributed by atoms with van der Waals surface area (Å²) in [5.41, 5.74) is 0. The monoisotopic (exact) mass is 256 g/mol. The molecule has 0 radical (unpaired) electrons. The van der Waals surface area contributed by atoms with E-state index in [-0.39, 0.29) is 0 Å². The predicted octanol–water partition coefficient (Wildman–Crippen LogP) is 1.55. The van der Waals surface area contributed by atoms with Crippen LogP contribution in [0.15, 0.2) is 9.98 Å². The van der Waals surface area contributed by atoms with Crippen LogP contribution in [-0.2, 0) is 0 Å². The molecule has 0 aliphatic carbocycles. The molecule has 18 heavy (non-hydrogen) atoms. The second-order valence-electron chi connectivity index (χ2n) is 4.57. The average Bonchev–Trinajstić information content (AvgIpc) is 2.30. The van der Waals surface area contributed by atoms with E-state index in [0.29, 0.717) is 25.2 Å². The third-order valence-corrected chi connectivity index (χ3v) is 2.02. The van der Waals surface area contributed by atoms with E-state index in [2.05, 4.69) is 21.3 Å². The molecular weight excluding hydrogens is 232 g/mol. The zero-order valence-electron chi connectivity index (χ0n) is 11.7. The summed E-state index contributed by atoms with van der Waals surface area (Å²) in [6, 6.07) is 3.26. The van der Waals surface area contributed by atoms with Crippen LogP contribution in [0.1, 0.15) is 27.7 Å². The minimum Gasteiger partial charge on any atom is -0.465 e. The molecule has 0 aromatic heterocycles. The summed E-state index contributed by atoms with van der Waals surface area (Å²) < 4.78 is 0. The number of nitrogens with zero attached hydrogens (tertiary/aromatic N) is 3. The molecule has 0 unspecified atom stereocenters.